The van der Waals surface area contributed by atoms with E-state index in [0.29, 0.717) is 54.2 Å². The summed E-state index contributed by atoms with van der Waals surface area (Å²) in [5, 5.41) is -0.201. The highest BCUT2D eigenvalue weighted by molar-refractivity contribution is 7.13. The fraction of sp³-hybridized carbons (Fsp3) is 0.722. The third kappa shape index (κ3) is 3.93. The zero-order valence-electron chi connectivity index (χ0n) is 15.7. The fourth-order valence-electron chi connectivity index (χ4n) is 3.77. The Morgan fingerprint density at radius 1 is 1.37 bits per heavy atom. The molecule has 3 rings (SSSR count). The van der Waals surface area contributed by atoms with Crippen LogP contribution in [0.15, 0.2) is 0 Å². The minimum atomic E-state index is -4.48. The SMILES string of the molecule is C[C@H]1C[C@@]2(CCN1C(=O)OC(C)(C)C)OCCc1c2sc(C(F)(F)F)c1Cl. The Hall–Kier alpha value is -0.990. The first kappa shape index (κ1) is 20.7. The van der Waals surface area contributed by atoms with E-state index in [0.717, 1.165) is 0 Å². The third-order valence-corrected chi connectivity index (χ3v) is 6.88. The van der Waals surface area contributed by atoms with E-state index in [1.807, 2.05) is 6.92 Å². The van der Waals surface area contributed by atoms with Gasteiger partial charge in [-0.3, -0.25) is 0 Å². The normalized spacial score (nSPS) is 26.2. The van der Waals surface area contributed by atoms with Crippen molar-refractivity contribution in [3.05, 3.63) is 20.3 Å². The molecule has 0 radical (unpaired) electrons. The van der Waals surface area contributed by atoms with E-state index in [9.17, 15) is 18.0 Å². The summed E-state index contributed by atoms with van der Waals surface area (Å²) in [4.78, 5) is 13.8. The molecule has 152 valence electrons. The Bertz CT molecular complexity index is 743. The minimum absolute atomic E-state index is 0.201. The monoisotopic (exact) mass is 425 g/mol. The third-order valence-electron chi connectivity index (χ3n) is 4.89. The van der Waals surface area contributed by atoms with Gasteiger partial charge in [0.05, 0.1) is 11.6 Å². The average Bonchev–Trinajstić information content (AvgIpc) is 2.84. The van der Waals surface area contributed by atoms with Crippen LogP contribution in [0.4, 0.5) is 18.0 Å². The van der Waals surface area contributed by atoms with Gasteiger partial charge in [0.2, 0.25) is 0 Å². The number of fused-ring (bicyclic) bond motifs is 2. The summed E-state index contributed by atoms with van der Waals surface area (Å²) in [6.45, 7) is 7.92. The minimum Gasteiger partial charge on any atom is -0.444 e. The van der Waals surface area contributed by atoms with Gasteiger partial charge in [-0.25, -0.2) is 4.79 Å². The largest absolute Gasteiger partial charge is 0.444 e. The zero-order valence-corrected chi connectivity index (χ0v) is 17.3. The van der Waals surface area contributed by atoms with Gasteiger partial charge in [-0.05, 0) is 46.1 Å². The predicted molar refractivity (Wildman–Crippen MR) is 97.3 cm³/mol. The molecule has 2 atom stereocenters. The maximum absolute atomic E-state index is 13.3. The van der Waals surface area contributed by atoms with Crippen LogP contribution in [0.5, 0.6) is 0 Å². The number of amides is 1. The van der Waals surface area contributed by atoms with Gasteiger partial charge in [-0.15, -0.1) is 11.3 Å². The molecule has 1 saturated heterocycles. The molecular weight excluding hydrogens is 403 g/mol. The van der Waals surface area contributed by atoms with E-state index in [2.05, 4.69) is 0 Å². The van der Waals surface area contributed by atoms with Gasteiger partial charge >= 0.3 is 12.3 Å². The number of carbonyl (C=O) groups is 1. The van der Waals surface area contributed by atoms with Crippen LogP contribution in [0.2, 0.25) is 5.02 Å². The molecule has 27 heavy (non-hydrogen) atoms. The van der Waals surface area contributed by atoms with Gasteiger partial charge in [0.15, 0.2) is 0 Å². The molecule has 0 aliphatic carbocycles. The van der Waals surface area contributed by atoms with Crippen molar-refractivity contribution in [2.75, 3.05) is 13.2 Å². The maximum Gasteiger partial charge on any atom is 0.427 e. The van der Waals surface area contributed by atoms with Crippen LogP contribution >= 0.6 is 22.9 Å². The van der Waals surface area contributed by atoms with Crippen molar-refractivity contribution in [3.8, 4) is 0 Å². The highest BCUT2D eigenvalue weighted by Gasteiger charge is 2.49. The zero-order chi connectivity index (χ0) is 20.2. The number of carbonyl (C=O) groups excluding carboxylic acids is 1. The molecule has 2 aliphatic heterocycles. The summed E-state index contributed by atoms with van der Waals surface area (Å²) in [5.41, 5.74) is -0.898. The highest BCUT2D eigenvalue weighted by Crippen LogP contribution is 2.53. The predicted octanol–water partition coefficient (Wildman–Crippen LogP) is 5.61. The molecule has 9 heteroatoms. The maximum atomic E-state index is 13.3. The molecule has 3 heterocycles. The topological polar surface area (TPSA) is 38.8 Å². The van der Waals surface area contributed by atoms with Crippen molar-refractivity contribution in [2.24, 2.45) is 0 Å². The van der Waals surface area contributed by atoms with E-state index in [-0.39, 0.29) is 11.1 Å². The van der Waals surface area contributed by atoms with Crippen molar-refractivity contribution in [1.82, 2.24) is 4.90 Å². The van der Waals surface area contributed by atoms with Crippen LogP contribution in [-0.4, -0.2) is 35.8 Å². The summed E-state index contributed by atoms with van der Waals surface area (Å²) >= 11 is 6.75. The molecule has 1 aromatic heterocycles. The molecule has 1 fully saturated rings. The summed E-state index contributed by atoms with van der Waals surface area (Å²) < 4.78 is 51.4. The molecule has 1 amide bonds. The quantitative estimate of drug-likeness (QED) is 0.542. The Morgan fingerprint density at radius 3 is 2.59 bits per heavy atom. The Morgan fingerprint density at radius 2 is 2.04 bits per heavy atom. The number of hydrogen-bond acceptors (Lipinski definition) is 4. The summed E-state index contributed by atoms with van der Waals surface area (Å²) in [6, 6.07) is -0.227. The summed E-state index contributed by atoms with van der Waals surface area (Å²) in [7, 11) is 0. The number of halogens is 4. The second-order valence-electron chi connectivity index (χ2n) is 8.12. The lowest BCUT2D eigenvalue weighted by atomic mass is 9.82. The number of piperidine rings is 1. The van der Waals surface area contributed by atoms with Crippen molar-refractivity contribution in [2.45, 2.75) is 70.4 Å². The lowest BCUT2D eigenvalue weighted by Gasteiger charge is -2.46. The van der Waals surface area contributed by atoms with Gasteiger partial charge in [0, 0.05) is 23.9 Å². The molecule has 0 unspecified atom stereocenters. The standard InChI is InChI=1S/C18H23ClF3NO3S/c1-10-9-17(6-7-23(10)15(24)26-16(2,3)4)13-11(5-8-25-17)12(19)14(27-13)18(20,21)22/h10H,5-9H2,1-4H3/t10-,17+/m0/s1. The van der Waals surface area contributed by atoms with Crippen LogP contribution in [0.25, 0.3) is 0 Å². The van der Waals surface area contributed by atoms with E-state index in [1.165, 1.54) is 0 Å². The van der Waals surface area contributed by atoms with E-state index in [4.69, 9.17) is 21.1 Å². The summed E-state index contributed by atoms with van der Waals surface area (Å²) in [5.74, 6) is 0. The van der Waals surface area contributed by atoms with Gasteiger partial charge in [-0.2, -0.15) is 13.2 Å². The molecule has 0 bridgehead atoms. The first-order valence-corrected chi connectivity index (χ1v) is 10.1. The highest BCUT2D eigenvalue weighted by atomic mass is 35.5. The lowest BCUT2D eigenvalue weighted by molar-refractivity contribution is -0.134. The number of hydrogen-bond donors (Lipinski definition) is 0. The van der Waals surface area contributed by atoms with E-state index < -0.39 is 28.3 Å². The smallest absolute Gasteiger partial charge is 0.427 e. The van der Waals surface area contributed by atoms with E-state index in [1.54, 1.807) is 25.7 Å². The number of likely N-dealkylation sites (tertiary alicyclic amines) is 1. The summed E-state index contributed by atoms with van der Waals surface area (Å²) in [6.07, 6.45) is -3.71. The molecule has 0 N–H and O–H groups in total. The lowest BCUT2D eigenvalue weighted by Crippen LogP contribution is -2.53. The van der Waals surface area contributed by atoms with Crippen molar-refractivity contribution < 1.29 is 27.4 Å². The van der Waals surface area contributed by atoms with Gasteiger partial charge in [0.25, 0.3) is 0 Å². The van der Waals surface area contributed by atoms with Gasteiger partial charge < -0.3 is 14.4 Å². The van der Waals surface area contributed by atoms with E-state index >= 15 is 0 Å². The molecule has 4 nitrogen and oxygen atoms in total. The van der Waals surface area contributed by atoms with Crippen LogP contribution in [0.3, 0.4) is 0 Å². The number of alkyl halides is 3. The molecule has 0 saturated carbocycles. The average molecular weight is 426 g/mol. The number of rotatable bonds is 0. The molecule has 2 aliphatic rings. The van der Waals surface area contributed by atoms with Crippen molar-refractivity contribution in [1.29, 1.82) is 0 Å². The Labute approximate surface area is 165 Å². The second kappa shape index (κ2) is 6.81. The second-order valence-corrected chi connectivity index (χ2v) is 9.52. The Balaban J connectivity index is 1.88. The van der Waals surface area contributed by atoms with Gasteiger partial charge in [0.1, 0.15) is 16.1 Å². The molecule has 1 spiro atoms. The Kier molecular flexibility index (Phi) is 5.23. The van der Waals surface area contributed by atoms with Crippen LogP contribution < -0.4 is 0 Å². The first-order valence-electron chi connectivity index (χ1n) is 8.86. The fourth-order valence-corrected chi connectivity index (χ4v) is 5.53. The van der Waals surface area contributed by atoms with Crippen LogP contribution in [0.1, 0.15) is 55.9 Å². The number of nitrogens with zero attached hydrogens (tertiary/aromatic N) is 1. The van der Waals surface area contributed by atoms with Crippen LogP contribution in [-0.2, 0) is 27.7 Å². The molecule has 0 aromatic carbocycles. The van der Waals surface area contributed by atoms with Gasteiger partial charge in [-0.1, -0.05) is 11.6 Å². The van der Waals surface area contributed by atoms with Crippen molar-refractivity contribution >= 4 is 29.0 Å². The first-order chi connectivity index (χ1) is 12.3. The van der Waals surface area contributed by atoms with Crippen molar-refractivity contribution in [3.63, 3.8) is 0 Å². The molecule has 1 aromatic rings. The van der Waals surface area contributed by atoms with Crippen LogP contribution in [0, 0.1) is 0 Å². The number of thiophene rings is 1. The number of ether oxygens (including phenoxy) is 2. The molecular formula is C18H23ClF3NO3S.